The number of nitrogens with one attached hydrogen (secondary N) is 1. The average Bonchev–Trinajstić information content (AvgIpc) is 2.74. The lowest BCUT2D eigenvalue weighted by Crippen LogP contribution is -2.42. The van der Waals surface area contributed by atoms with E-state index in [1.54, 1.807) is 0 Å². The molecule has 0 atom stereocenters. The number of carbonyl (C=O) groups excluding carboxylic acids is 1. The molecule has 3 N–H and O–H groups in total. The van der Waals surface area contributed by atoms with Crippen molar-refractivity contribution in [2.45, 2.75) is 25.3 Å². The predicted octanol–water partition coefficient (Wildman–Crippen LogP) is 0.204. The van der Waals surface area contributed by atoms with Crippen molar-refractivity contribution in [2.24, 2.45) is 5.11 Å². The number of azide groups is 1. The summed E-state index contributed by atoms with van der Waals surface area (Å²) in [4.78, 5) is 35.7. The maximum atomic E-state index is 12.0. The molecule has 0 heterocycles. The van der Waals surface area contributed by atoms with Crippen LogP contribution in [0.15, 0.2) is 5.11 Å². The molecule has 0 aromatic heterocycles. The quantitative estimate of drug-likeness (QED) is 0.0812. The fourth-order valence-electron chi connectivity index (χ4n) is 2.06. The van der Waals surface area contributed by atoms with Gasteiger partial charge in [0.15, 0.2) is 0 Å². The molecule has 14 nitrogen and oxygen atoms in total. The van der Waals surface area contributed by atoms with Crippen molar-refractivity contribution in [1.82, 2.24) is 5.32 Å². The van der Waals surface area contributed by atoms with E-state index in [4.69, 9.17) is 39.4 Å². The number of hydrogen-bond donors (Lipinski definition) is 3. The van der Waals surface area contributed by atoms with Crippen LogP contribution in [-0.4, -0.2) is 107 Å². The number of hydrogen-bond acceptors (Lipinski definition) is 9. The minimum atomic E-state index is -0.998. The molecule has 1 amide bonds. The van der Waals surface area contributed by atoms with Crippen LogP contribution < -0.4 is 5.32 Å². The van der Waals surface area contributed by atoms with E-state index in [1.165, 1.54) is 0 Å². The maximum Gasteiger partial charge on any atom is 0.305 e. The highest BCUT2D eigenvalue weighted by atomic mass is 16.5. The van der Waals surface area contributed by atoms with E-state index in [2.05, 4.69) is 15.3 Å². The second-order valence-electron chi connectivity index (χ2n) is 6.24. The number of carboxylic acid groups (broad SMARTS) is 2. The Morgan fingerprint density at radius 1 is 0.750 bits per heavy atom. The smallest absolute Gasteiger partial charge is 0.305 e. The summed E-state index contributed by atoms with van der Waals surface area (Å²) in [5.41, 5.74) is 8.10. The summed E-state index contributed by atoms with van der Waals surface area (Å²) in [6, 6.07) is -0.549. The summed E-state index contributed by atoms with van der Waals surface area (Å²) >= 11 is 0. The minimum Gasteiger partial charge on any atom is -0.481 e. The highest BCUT2D eigenvalue weighted by Crippen LogP contribution is 1.95. The zero-order valence-corrected chi connectivity index (χ0v) is 18.0. The van der Waals surface area contributed by atoms with Crippen molar-refractivity contribution in [2.75, 3.05) is 72.6 Å². The zero-order chi connectivity index (χ0) is 23.9. The van der Waals surface area contributed by atoms with Gasteiger partial charge in [0.1, 0.15) is 0 Å². The molecule has 0 fully saturated rings. The molecular weight excluding hydrogens is 432 g/mol. The van der Waals surface area contributed by atoms with Gasteiger partial charge < -0.3 is 39.2 Å². The molecule has 14 heteroatoms. The third-order valence-corrected chi connectivity index (χ3v) is 3.54. The van der Waals surface area contributed by atoms with E-state index in [0.717, 1.165) is 0 Å². The second-order valence-corrected chi connectivity index (χ2v) is 6.24. The molecule has 0 radical (unpaired) electrons. The van der Waals surface area contributed by atoms with Crippen LogP contribution in [0.2, 0.25) is 0 Å². The third-order valence-electron chi connectivity index (χ3n) is 3.54. The summed E-state index contributed by atoms with van der Waals surface area (Å²) < 4.78 is 26.2. The monoisotopic (exact) mass is 464 g/mol. The SMILES string of the molecule is [N-]=[N+]=NCCOCCOCCOCCC(=O)NC(COCCC(=O)O)COCCC(=O)O. The van der Waals surface area contributed by atoms with Crippen LogP contribution in [0.1, 0.15) is 19.3 Å². The molecule has 0 saturated heterocycles. The van der Waals surface area contributed by atoms with Gasteiger partial charge in [-0.2, -0.15) is 0 Å². The fraction of sp³-hybridized carbons (Fsp3) is 0.833. The Kier molecular flexibility index (Phi) is 20.1. The number of nitrogens with zero attached hydrogens (tertiary/aromatic N) is 3. The van der Waals surface area contributed by atoms with Crippen LogP contribution in [0.3, 0.4) is 0 Å². The van der Waals surface area contributed by atoms with Crippen molar-refractivity contribution >= 4 is 17.8 Å². The summed E-state index contributed by atoms with van der Waals surface area (Å²) in [6.45, 7) is 2.17. The molecule has 0 saturated carbocycles. The van der Waals surface area contributed by atoms with Gasteiger partial charge in [-0.05, 0) is 5.53 Å². The van der Waals surface area contributed by atoms with Gasteiger partial charge in [-0.25, -0.2) is 0 Å². The Balaban J connectivity index is 3.88. The van der Waals surface area contributed by atoms with Crippen molar-refractivity contribution in [3.8, 4) is 0 Å². The largest absolute Gasteiger partial charge is 0.481 e. The standard InChI is InChI=1S/C18H32N4O10/c19-22-20-4-8-29-10-12-30-11-9-28-5-1-16(23)21-15(13-31-6-2-17(24)25)14-32-7-3-18(26)27/h15H,1-14H2,(H,21,23)(H,24,25)(H,26,27). The first-order valence-corrected chi connectivity index (χ1v) is 10.1. The van der Waals surface area contributed by atoms with Crippen LogP contribution in [0.5, 0.6) is 0 Å². The fourth-order valence-corrected chi connectivity index (χ4v) is 2.06. The van der Waals surface area contributed by atoms with Crippen LogP contribution in [0, 0.1) is 0 Å². The summed E-state index contributed by atoms with van der Waals surface area (Å²) in [5, 5.41) is 23.3. The lowest BCUT2D eigenvalue weighted by molar-refractivity contribution is -0.139. The Bertz CT molecular complexity index is 550. The molecule has 0 aliphatic heterocycles. The molecule has 32 heavy (non-hydrogen) atoms. The van der Waals surface area contributed by atoms with Crippen LogP contribution in [0.25, 0.3) is 10.4 Å². The molecule has 0 aliphatic carbocycles. The molecule has 0 bridgehead atoms. The van der Waals surface area contributed by atoms with Gasteiger partial charge in [0, 0.05) is 17.9 Å². The number of carboxylic acids is 2. The minimum absolute atomic E-state index is 0.0151. The molecule has 0 aromatic carbocycles. The molecule has 0 aliphatic rings. The Morgan fingerprint density at radius 3 is 1.72 bits per heavy atom. The van der Waals surface area contributed by atoms with Crippen molar-refractivity contribution < 1.29 is 48.3 Å². The van der Waals surface area contributed by atoms with Gasteiger partial charge in [0.25, 0.3) is 0 Å². The van der Waals surface area contributed by atoms with Crippen molar-refractivity contribution in [1.29, 1.82) is 0 Å². The average molecular weight is 464 g/mol. The molecule has 0 aromatic rings. The van der Waals surface area contributed by atoms with Gasteiger partial charge in [0.2, 0.25) is 5.91 Å². The van der Waals surface area contributed by atoms with Gasteiger partial charge in [0.05, 0.1) is 85.0 Å². The zero-order valence-electron chi connectivity index (χ0n) is 18.0. The lowest BCUT2D eigenvalue weighted by atomic mass is 10.3. The van der Waals surface area contributed by atoms with Crippen LogP contribution >= 0.6 is 0 Å². The number of carbonyl (C=O) groups is 3. The van der Waals surface area contributed by atoms with E-state index < -0.39 is 18.0 Å². The molecular formula is C18H32N4O10. The maximum absolute atomic E-state index is 12.0. The topological polar surface area (TPSA) is 199 Å². The number of aliphatic carboxylic acids is 2. The van der Waals surface area contributed by atoms with Crippen LogP contribution in [0.4, 0.5) is 0 Å². The first-order valence-electron chi connectivity index (χ1n) is 10.1. The number of amides is 1. The van der Waals surface area contributed by atoms with Crippen LogP contribution in [-0.2, 0) is 38.1 Å². The number of ether oxygens (including phenoxy) is 5. The predicted molar refractivity (Wildman–Crippen MR) is 109 cm³/mol. The second kappa shape index (κ2) is 21.7. The Labute approximate surface area is 185 Å². The van der Waals surface area contributed by atoms with E-state index in [1.807, 2.05) is 0 Å². The Morgan fingerprint density at radius 2 is 1.22 bits per heavy atom. The van der Waals surface area contributed by atoms with Gasteiger partial charge >= 0.3 is 11.9 Å². The lowest BCUT2D eigenvalue weighted by Gasteiger charge is -2.19. The third kappa shape index (κ3) is 22.2. The van der Waals surface area contributed by atoms with Gasteiger partial charge in [-0.1, -0.05) is 5.11 Å². The molecule has 0 unspecified atom stereocenters. The summed E-state index contributed by atoms with van der Waals surface area (Å²) in [5.74, 6) is -2.31. The molecule has 0 spiro atoms. The normalized spacial score (nSPS) is 10.7. The van der Waals surface area contributed by atoms with E-state index in [9.17, 15) is 14.4 Å². The van der Waals surface area contributed by atoms with E-state index >= 15 is 0 Å². The van der Waals surface area contributed by atoms with Gasteiger partial charge in [-0.15, -0.1) is 0 Å². The first-order chi connectivity index (χ1) is 15.5. The molecule has 184 valence electrons. The highest BCUT2D eigenvalue weighted by molar-refractivity contribution is 5.76. The number of rotatable bonds is 23. The first kappa shape index (κ1) is 29.5. The summed E-state index contributed by atoms with van der Waals surface area (Å²) in [7, 11) is 0. The summed E-state index contributed by atoms with van der Waals surface area (Å²) in [6.07, 6.45) is -0.250. The van der Waals surface area contributed by atoms with Crippen molar-refractivity contribution in [3.63, 3.8) is 0 Å². The van der Waals surface area contributed by atoms with E-state index in [0.29, 0.717) is 33.0 Å². The molecule has 0 rings (SSSR count). The van der Waals surface area contributed by atoms with E-state index in [-0.39, 0.29) is 64.7 Å². The van der Waals surface area contributed by atoms with Crippen molar-refractivity contribution in [3.05, 3.63) is 10.4 Å². The Hall–Kier alpha value is -2.48. The highest BCUT2D eigenvalue weighted by Gasteiger charge is 2.14. The van der Waals surface area contributed by atoms with Gasteiger partial charge in [-0.3, -0.25) is 14.4 Å².